The summed E-state index contributed by atoms with van der Waals surface area (Å²) in [4.78, 5) is 33.2. The first-order chi connectivity index (χ1) is 9.69. The smallest absolute Gasteiger partial charge is 0.313 e. The maximum absolute atomic E-state index is 11.6. The van der Waals surface area contributed by atoms with Crippen LogP contribution < -0.4 is 20.7 Å². The number of methoxy groups -OCH3 is 1. The number of hydrogen-bond donors (Lipinski definition) is 3. The fraction of sp³-hybridized carbons (Fsp3) is 0.308. The summed E-state index contributed by atoms with van der Waals surface area (Å²) >= 11 is 0. The minimum Gasteiger partial charge on any atom is -0.495 e. The summed E-state index contributed by atoms with van der Waals surface area (Å²) in [5.41, 5.74) is 0.428. The van der Waals surface area contributed by atoms with Gasteiger partial charge in [0.1, 0.15) is 5.75 Å². The van der Waals surface area contributed by atoms with Crippen LogP contribution in [-0.2, 0) is 14.4 Å². The highest BCUT2D eigenvalue weighted by Gasteiger charge is 2.14. The molecule has 0 aliphatic heterocycles. The molecule has 0 aliphatic carbocycles. The number of carbonyl (C=O) groups is 3. The third-order valence-electron chi connectivity index (χ3n) is 2.43. The van der Waals surface area contributed by atoms with Crippen molar-refractivity contribution in [3.63, 3.8) is 0 Å². The SMILES string of the molecule is COc1ccccc1NC(=O)C(=O)NCCCNC=O. The zero-order valence-corrected chi connectivity index (χ0v) is 11.1. The van der Waals surface area contributed by atoms with Gasteiger partial charge in [0.2, 0.25) is 6.41 Å². The number of benzene rings is 1. The van der Waals surface area contributed by atoms with Crippen LogP contribution in [0.3, 0.4) is 0 Å². The predicted octanol–water partition coefficient (Wildman–Crippen LogP) is -0.114. The Kier molecular flexibility index (Phi) is 6.60. The Bertz CT molecular complexity index is 476. The molecule has 0 heterocycles. The number of amides is 3. The van der Waals surface area contributed by atoms with Crippen LogP contribution >= 0.6 is 0 Å². The number of carbonyl (C=O) groups excluding carboxylic acids is 3. The molecule has 1 rings (SSSR count). The highest BCUT2D eigenvalue weighted by atomic mass is 16.5. The normalized spacial score (nSPS) is 9.45. The van der Waals surface area contributed by atoms with Gasteiger partial charge >= 0.3 is 11.8 Å². The second-order valence-corrected chi connectivity index (χ2v) is 3.84. The van der Waals surface area contributed by atoms with E-state index in [9.17, 15) is 14.4 Å². The third-order valence-corrected chi connectivity index (χ3v) is 2.43. The van der Waals surface area contributed by atoms with Crippen LogP contribution in [0.15, 0.2) is 24.3 Å². The van der Waals surface area contributed by atoms with Crippen molar-refractivity contribution in [2.45, 2.75) is 6.42 Å². The Morgan fingerprint density at radius 3 is 2.65 bits per heavy atom. The first kappa shape index (κ1) is 15.5. The van der Waals surface area contributed by atoms with Crippen molar-refractivity contribution in [1.82, 2.24) is 10.6 Å². The molecule has 3 N–H and O–H groups in total. The van der Waals surface area contributed by atoms with Crippen LogP contribution in [0.4, 0.5) is 5.69 Å². The highest BCUT2D eigenvalue weighted by Crippen LogP contribution is 2.22. The lowest BCUT2D eigenvalue weighted by Crippen LogP contribution is -2.36. The van der Waals surface area contributed by atoms with Gasteiger partial charge in [-0.25, -0.2) is 0 Å². The first-order valence-electron chi connectivity index (χ1n) is 6.08. The molecule has 3 amide bonds. The minimum atomic E-state index is -0.766. The predicted molar refractivity (Wildman–Crippen MR) is 73.3 cm³/mol. The van der Waals surface area contributed by atoms with Gasteiger partial charge in [-0.1, -0.05) is 12.1 Å². The van der Waals surface area contributed by atoms with Crippen LogP contribution in [0.5, 0.6) is 5.75 Å². The maximum atomic E-state index is 11.6. The molecule has 0 saturated carbocycles. The molecule has 0 spiro atoms. The number of anilines is 1. The zero-order chi connectivity index (χ0) is 14.8. The Balaban J connectivity index is 2.41. The fourth-order valence-electron chi connectivity index (χ4n) is 1.46. The summed E-state index contributed by atoms with van der Waals surface area (Å²) in [7, 11) is 1.48. The number of nitrogens with one attached hydrogen (secondary N) is 3. The summed E-state index contributed by atoms with van der Waals surface area (Å²) in [6, 6.07) is 6.80. The summed E-state index contributed by atoms with van der Waals surface area (Å²) in [6.07, 6.45) is 1.13. The average Bonchev–Trinajstić information content (AvgIpc) is 2.47. The zero-order valence-electron chi connectivity index (χ0n) is 11.1. The Hall–Kier alpha value is -2.57. The van der Waals surface area contributed by atoms with E-state index in [1.807, 2.05) is 0 Å². The van der Waals surface area contributed by atoms with Gasteiger partial charge in [-0.2, -0.15) is 0 Å². The molecule has 0 fully saturated rings. The van der Waals surface area contributed by atoms with Gasteiger partial charge in [-0.15, -0.1) is 0 Å². The van der Waals surface area contributed by atoms with E-state index in [0.717, 1.165) is 0 Å². The summed E-state index contributed by atoms with van der Waals surface area (Å²) in [6.45, 7) is 0.747. The molecule has 7 nitrogen and oxygen atoms in total. The Labute approximate surface area is 116 Å². The van der Waals surface area contributed by atoms with Crippen molar-refractivity contribution in [2.75, 3.05) is 25.5 Å². The molecule has 0 unspecified atom stereocenters. The lowest BCUT2D eigenvalue weighted by Gasteiger charge is -2.09. The molecule has 108 valence electrons. The summed E-state index contributed by atoms with van der Waals surface area (Å²) in [5, 5.41) is 7.37. The molecule has 1 aromatic carbocycles. The first-order valence-corrected chi connectivity index (χ1v) is 6.08. The van der Waals surface area contributed by atoms with Gasteiger partial charge in [0.05, 0.1) is 12.8 Å². The van der Waals surface area contributed by atoms with Gasteiger partial charge in [0.25, 0.3) is 0 Å². The molecule has 0 bridgehead atoms. The Morgan fingerprint density at radius 1 is 1.20 bits per heavy atom. The van der Waals surface area contributed by atoms with Crippen LogP contribution in [0.1, 0.15) is 6.42 Å². The molecule has 0 aromatic heterocycles. The lowest BCUT2D eigenvalue weighted by molar-refractivity contribution is -0.136. The molecule has 0 aliphatic rings. The summed E-state index contributed by atoms with van der Waals surface area (Å²) in [5.74, 6) is -1.02. The number of rotatable bonds is 7. The average molecular weight is 279 g/mol. The topological polar surface area (TPSA) is 96.5 Å². The van der Waals surface area contributed by atoms with Gasteiger partial charge in [-0.3, -0.25) is 14.4 Å². The molecule has 0 radical (unpaired) electrons. The van der Waals surface area contributed by atoms with Gasteiger partial charge in [0, 0.05) is 13.1 Å². The molecular weight excluding hydrogens is 262 g/mol. The minimum absolute atomic E-state index is 0.305. The van der Waals surface area contributed by atoms with Crippen LogP contribution in [-0.4, -0.2) is 38.4 Å². The monoisotopic (exact) mass is 279 g/mol. The highest BCUT2D eigenvalue weighted by molar-refractivity contribution is 6.39. The third kappa shape index (κ3) is 4.97. The van der Waals surface area contributed by atoms with Crippen molar-refractivity contribution in [1.29, 1.82) is 0 Å². The van der Waals surface area contributed by atoms with E-state index in [-0.39, 0.29) is 0 Å². The van der Waals surface area contributed by atoms with E-state index >= 15 is 0 Å². The number of para-hydroxylation sites is 2. The summed E-state index contributed by atoms with van der Waals surface area (Å²) < 4.78 is 5.06. The van der Waals surface area contributed by atoms with E-state index in [4.69, 9.17) is 4.74 Å². The molecular formula is C13H17N3O4. The molecule has 1 aromatic rings. The van der Waals surface area contributed by atoms with Crippen molar-refractivity contribution in [3.8, 4) is 5.75 Å². The van der Waals surface area contributed by atoms with Crippen LogP contribution in [0, 0.1) is 0 Å². The number of hydrogen-bond acceptors (Lipinski definition) is 4. The van der Waals surface area contributed by atoms with Gasteiger partial charge in [0.15, 0.2) is 0 Å². The van der Waals surface area contributed by atoms with Gasteiger partial charge < -0.3 is 20.7 Å². The van der Waals surface area contributed by atoms with E-state index in [2.05, 4.69) is 16.0 Å². The standard InChI is InChI=1S/C13H17N3O4/c1-20-11-6-3-2-5-10(11)16-13(19)12(18)15-8-4-7-14-9-17/h2-3,5-6,9H,4,7-8H2,1H3,(H,14,17)(H,15,18)(H,16,19). The largest absolute Gasteiger partial charge is 0.495 e. The van der Waals surface area contributed by atoms with E-state index in [0.29, 0.717) is 37.4 Å². The number of ether oxygens (including phenoxy) is 1. The van der Waals surface area contributed by atoms with Crippen LogP contribution in [0.25, 0.3) is 0 Å². The van der Waals surface area contributed by atoms with Crippen molar-refractivity contribution in [2.24, 2.45) is 0 Å². The van der Waals surface area contributed by atoms with Crippen LogP contribution in [0.2, 0.25) is 0 Å². The van der Waals surface area contributed by atoms with E-state index in [1.54, 1.807) is 24.3 Å². The molecule has 0 saturated heterocycles. The van der Waals surface area contributed by atoms with Crippen molar-refractivity contribution in [3.05, 3.63) is 24.3 Å². The van der Waals surface area contributed by atoms with Crippen molar-refractivity contribution < 1.29 is 19.1 Å². The molecule has 20 heavy (non-hydrogen) atoms. The Morgan fingerprint density at radius 2 is 1.95 bits per heavy atom. The van der Waals surface area contributed by atoms with E-state index in [1.165, 1.54) is 7.11 Å². The quantitative estimate of drug-likeness (QED) is 0.368. The van der Waals surface area contributed by atoms with E-state index < -0.39 is 11.8 Å². The van der Waals surface area contributed by atoms with Gasteiger partial charge in [-0.05, 0) is 18.6 Å². The fourth-order valence-corrected chi connectivity index (χ4v) is 1.46. The lowest BCUT2D eigenvalue weighted by atomic mass is 10.3. The molecule has 0 atom stereocenters. The molecule has 7 heteroatoms. The second kappa shape index (κ2) is 8.52. The second-order valence-electron chi connectivity index (χ2n) is 3.84. The van der Waals surface area contributed by atoms with Crippen molar-refractivity contribution >= 4 is 23.9 Å². The maximum Gasteiger partial charge on any atom is 0.313 e.